The highest BCUT2D eigenvalue weighted by Crippen LogP contribution is 2.15. The van der Waals surface area contributed by atoms with E-state index in [0.29, 0.717) is 13.0 Å². The first-order chi connectivity index (χ1) is 9.16. The Morgan fingerprint density at radius 3 is 2.79 bits per heavy atom. The van der Waals surface area contributed by atoms with Gasteiger partial charge in [-0.05, 0) is 5.56 Å². The number of carbonyl (C=O) groups excluding carboxylic acids is 1. The first-order valence-corrected chi connectivity index (χ1v) is 7.02. The molecule has 0 bridgehead atoms. The summed E-state index contributed by atoms with van der Waals surface area (Å²) in [6.07, 6.45) is 0.310. The topological polar surface area (TPSA) is 59.2 Å². The SMILES string of the molecule is CN(Cc1cscn1)C(=O)CC(N)c1ccccc1. The van der Waals surface area contributed by atoms with Gasteiger partial charge >= 0.3 is 0 Å². The molecule has 0 aliphatic heterocycles. The van der Waals surface area contributed by atoms with Crippen molar-refractivity contribution in [2.45, 2.75) is 19.0 Å². The standard InChI is InChI=1S/C14H17N3OS/c1-17(8-12-9-19-10-16-12)14(18)7-13(15)11-5-3-2-4-6-11/h2-6,9-10,13H,7-8,15H2,1H3. The molecule has 2 N–H and O–H groups in total. The molecule has 0 fully saturated rings. The second-order valence-electron chi connectivity index (χ2n) is 4.45. The van der Waals surface area contributed by atoms with E-state index in [-0.39, 0.29) is 11.9 Å². The van der Waals surface area contributed by atoms with Crippen LogP contribution in [-0.2, 0) is 11.3 Å². The number of thiazole rings is 1. The van der Waals surface area contributed by atoms with E-state index in [9.17, 15) is 4.79 Å². The molecule has 0 spiro atoms. The Morgan fingerprint density at radius 2 is 2.16 bits per heavy atom. The maximum absolute atomic E-state index is 12.1. The molecule has 1 heterocycles. The highest BCUT2D eigenvalue weighted by molar-refractivity contribution is 7.07. The average Bonchev–Trinajstić information content (AvgIpc) is 2.92. The van der Waals surface area contributed by atoms with Gasteiger partial charge in [0.05, 0.1) is 17.7 Å². The van der Waals surface area contributed by atoms with Crippen molar-refractivity contribution >= 4 is 17.2 Å². The molecule has 1 amide bonds. The third-order valence-electron chi connectivity index (χ3n) is 2.93. The Bertz CT molecular complexity index is 513. The molecule has 2 rings (SSSR count). The number of nitrogens with zero attached hydrogens (tertiary/aromatic N) is 2. The van der Waals surface area contributed by atoms with Crippen molar-refractivity contribution in [3.63, 3.8) is 0 Å². The number of benzene rings is 1. The smallest absolute Gasteiger partial charge is 0.224 e. The molecule has 0 saturated carbocycles. The minimum Gasteiger partial charge on any atom is -0.340 e. The van der Waals surface area contributed by atoms with Gasteiger partial charge in [0.25, 0.3) is 0 Å². The van der Waals surface area contributed by atoms with Crippen molar-refractivity contribution in [2.24, 2.45) is 5.73 Å². The van der Waals surface area contributed by atoms with E-state index in [1.165, 1.54) is 11.3 Å². The fourth-order valence-corrected chi connectivity index (χ4v) is 2.36. The van der Waals surface area contributed by atoms with Gasteiger partial charge < -0.3 is 10.6 Å². The zero-order valence-corrected chi connectivity index (χ0v) is 11.6. The molecule has 0 aliphatic rings. The number of carbonyl (C=O) groups is 1. The zero-order valence-electron chi connectivity index (χ0n) is 10.8. The van der Waals surface area contributed by atoms with Gasteiger partial charge in [-0.15, -0.1) is 11.3 Å². The predicted molar refractivity (Wildman–Crippen MR) is 76.6 cm³/mol. The van der Waals surface area contributed by atoms with Crippen molar-refractivity contribution in [3.8, 4) is 0 Å². The summed E-state index contributed by atoms with van der Waals surface area (Å²) >= 11 is 1.53. The molecule has 1 unspecified atom stereocenters. The lowest BCUT2D eigenvalue weighted by Crippen LogP contribution is -2.29. The number of hydrogen-bond donors (Lipinski definition) is 1. The van der Waals surface area contributed by atoms with Gasteiger partial charge in [0.1, 0.15) is 0 Å². The Labute approximate surface area is 116 Å². The third-order valence-corrected chi connectivity index (χ3v) is 3.57. The van der Waals surface area contributed by atoms with Crippen LogP contribution in [0.3, 0.4) is 0 Å². The van der Waals surface area contributed by atoms with Crippen LogP contribution >= 0.6 is 11.3 Å². The monoisotopic (exact) mass is 275 g/mol. The normalized spacial score (nSPS) is 12.1. The lowest BCUT2D eigenvalue weighted by molar-refractivity contribution is -0.130. The molecule has 4 nitrogen and oxygen atoms in total. The van der Waals surface area contributed by atoms with Gasteiger partial charge in [0.2, 0.25) is 5.91 Å². The largest absolute Gasteiger partial charge is 0.340 e. The molecule has 19 heavy (non-hydrogen) atoms. The molecular weight excluding hydrogens is 258 g/mol. The van der Waals surface area contributed by atoms with Gasteiger partial charge in [0.15, 0.2) is 0 Å². The summed E-state index contributed by atoms with van der Waals surface area (Å²) in [6, 6.07) is 9.42. The number of rotatable bonds is 5. The van der Waals surface area contributed by atoms with Crippen LogP contribution in [0.25, 0.3) is 0 Å². The molecule has 1 atom stereocenters. The summed E-state index contributed by atoms with van der Waals surface area (Å²) < 4.78 is 0. The van der Waals surface area contributed by atoms with Crippen LogP contribution in [0.15, 0.2) is 41.2 Å². The van der Waals surface area contributed by atoms with Crippen LogP contribution in [-0.4, -0.2) is 22.8 Å². The van der Waals surface area contributed by atoms with Gasteiger partial charge in [-0.2, -0.15) is 0 Å². The van der Waals surface area contributed by atoms with Crippen LogP contribution in [0.2, 0.25) is 0 Å². The first-order valence-electron chi connectivity index (χ1n) is 6.08. The quantitative estimate of drug-likeness (QED) is 0.910. The highest BCUT2D eigenvalue weighted by atomic mass is 32.1. The van der Waals surface area contributed by atoms with Crippen molar-refractivity contribution in [3.05, 3.63) is 52.5 Å². The van der Waals surface area contributed by atoms with Crippen molar-refractivity contribution in [1.29, 1.82) is 0 Å². The van der Waals surface area contributed by atoms with Crippen LogP contribution in [0.4, 0.5) is 0 Å². The van der Waals surface area contributed by atoms with E-state index < -0.39 is 0 Å². The van der Waals surface area contributed by atoms with Gasteiger partial charge in [0, 0.05) is 24.9 Å². The minimum atomic E-state index is -0.258. The zero-order chi connectivity index (χ0) is 13.7. The summed E-state index contributed by atoms with van der Waals surface area (Å²) in [4.78, 5) is 17.9. The van der Waals surface area contributed by atoms with Crippen LogP contribution in [0.5, 0.6) is 0 Å². The Balaban J connectivity index is 1.90. The molecule has 1 aromatic heterocycles. The fourth-order valence-electron chi connectivity index (χ4n) is 1.81. The van der Waals surface area contributed by atoms with Crippen molar-refractivity contribution < 1.29 is 4.79 Å². The maximum Gasteiger partial charge on any atom is 0.224 e. The van der Waals surface area contributed by atoms with Gasteiger partial charge in [-0.25, -0.2) is 4.98 Å². The van der Waals surface area contributed by atoms with E-state index in [1.54, 1.807) is 17.5 Å². The molecular formula is C14H17N3OS. The number of nitrogens with two attached hydrogens (primary N) is 1. The average molecular weight is 275 g/mol. The van der Waals surface area contributed by atoms with Gasteiger partial charge in [-0.1, -0.05) is 30.3 Å². The van der Waals surface area contributed by atoms with E-state index >= 15 is 0 Å². The Morgan fingerprint density at radius 1 is 1.42 bits per heavy atom. The van der Waals surface area contributed by atoms with Crippen molar-refractivity contribution in [1.82, 2.24) is 9.88 Å². The molecule has 5 heteroatoms. The highest BCUT2D eigenvalue weighted by Gasteiger charge is 2.15. The molecule has 0 saturated heterocycles. The summed E-state index contributed by atoms with van der Waals surface area (Å²) in [5.74, 6) is 0.0318. The Kier molecular flexibility index (Phi) is 4.65. The Hall–Kier alpha value is -1.72. The van der Waals surface area contributed by atoms with E-state index in [2.05, 4.69) is 4.98 Å². The van der Waals surface area contributed by atoms with E-state index in [1.807, 2.05) is 35.7 Å². The van der Waals surface area contributed by atoms with Crippen LogP contribution < -0.4 is 5.73 Å². The summed E-state index contributed by atoms with van der Waals surface area (Å²) in [6.45, 7) is 0.532. The molecule has 0 radical (unpaired) electrons. The number of amides is 1. The third kappa shape index (κ3) is 3.87. The molecule has 0 aliphatic carbocycles. The summed E-state index contributed by atoms with van der Waals surface area (Å²) in [7, 11) is 1.78. The first kappa shape index (κ1) is 13.7. The number of aromatic nitrogens is 1. The second-order valence-corrected chi connectivity index (χ2v) is 5.17. The minimum absolute atomic E-state index is 0.0318. The maximum atomic E-state index is 12.1. The van der Waals surface area contributed by atoms with Gasteiger partial charge in [-0.3, -0.25) is 4.79 Å². The lowest BCUT2D eigenvalue weighted by atomic mass is 10.0. The van der Waals surface area contributed by atoms with E-state index in [4.69, 9.17) is 5.73 Å². The number of hydrogen-bond acceptors (Lipinski definition) is 4. The summed E-state index contributed by atoms with van der Waals surface area (Å²) in [5.41, 5.74) is 9.71. The molecule has 100 valence electrons. The summed E-state index contributed by atoms with van der Waals surface area (Å²) in [5, 5.41) is 1.95. The second kappa shape index (κ2) is 6.45. The van der Waals surface area contributed by atoms with Crippen molar-refractivity contribution in [2.75, 3.05) is 7.05 Å². The molecule has 2 aromatic rings. The van der Waals surface area contributed by atoms with Crippen LogP contribution in [0, 0.1) is 0 Å². The van der Waals surface area contributed by atoms with E-state index in [0.717, 1.165) is 11.3 Å². The predicted octanol–water partition coefficient (Wildman–Crippen LogP) is 2.19. The molecule has 1 aromatic carbocycles. The lowest BCUT2D eigenvalue weighted by Gasteiger charge is -2.19. The fraction of sp³-hybridized carbons (Fsp3) is 0.286. The van der Waals surface area contributed by atoms with Crippen LogP contribution in [0.1, 0.15) is 23.7 Å².